The maximum atomic E-state index is 12.3. The zero-order chi connectivity index (χ0) is 14.8. The number of hydrogen-bond donors (Lipinski definition) is 2. The highest BCUT2D eigenvalue weighted by Gasteiger charge is 2.29. The third-order valence-corrected chi connectivity index (χ3v) is 6.30. The van der Waals surface area contributed by atoms with Crippen LogP contribution >= 0.6 is 11.3 Å². The number of nitrogens with one attached hydrogen (secondary N) is 1. The van der Waals surface area contributed by atoms with Gasteiger partial charge in [-0.1, -0.05) is 0 Å². The largest absolute Gasteiger partial charge is 0.396 e. The lowest BCUT2D eigenvalue weighted by molar-refractivity contribution is 0.169. The third kappa shape index (κ3) is 3.76. The minimum atomic E-state index is -3.48. The van der Waals surface area contributed by atoms with E-state index in [2.05, 4.69) is 9.71 Å². The summed E-state index contributed by atoms with van der Waals surface area (Å²) in [5.41, 5.74) is 0. The van der Waals surface area contributed by atoms with Gasteiger partial charge in [0.15, 0.2) is 0 Å². The highest BCUT2D eigenvalue weighted by atomic mass is 32.2. The lowest BCUT2D eigenvalue weighted by Gasteiger charge is -2.31. The van der Waals surface area contributed by atoms with E-state index < -0.39 is 10.2 Å². The van der Waals surface area contributed by atoms with Crippen molar-refractivity contribution in [1.82, 2.24) is 14.0 Å². The van der Waals surface area contributed by atoms with E-state index in [4.69, 9.17) is 5.11 Å². The smallest absolute Gasteiger partial charge is 0.280 e. The van der Waals surface area contributed by atoms with Crippen molar-refractivity contribution in [2.24, 2.45) is 5.92 Å². The molecule has 114 valence electrons. The number of aryl methyl sites for hydroxylation is 1. The molecule has 2 heterocycles. The third-order valence-electron chi connectivity index (χ3n) is 3.51. The van der Waals surface area contributed by atoms with Crippen LogP contribution < -0.4 is 4.72 Å². The number of piperidine rings is 1. The Kier molecular flexibility index (Phi) is 5.14. The van der Waals surface area contributed by atoms with Gasteiger partial charge in [0.05, 0.1) is 6.04 Å². The predicted octanol–water partition coefficient (Wildman–Crippen LogP) is 1.05. The summed E-state index contributed by atoms with van der Waals surface area (Å²) in [6, 6.07) is -0.325. The van der Waals surface area contributed by atoms with E-state index in [-0.39, 0.29) is 18.6 Å². The van der Waals surface area contributed by atoms with Crippen LogP contribution in [-0.2, 0) is 10.2 Å². The minimum Gasteiger partial charge on any atom is -0.396 e. The van der Waals surface area contributed by atoms with Crippen molar-refractivity contribution in [2.45, 2.75) is 32.7 Å². The molecule has 1 aliphatic rings. The molecule has 1 atom stereocenters. The molecule has 1 aromatic rings. The summed E-state index contributed by atoms with van der Waals surface area (Å²) >= 11 is 1.50. The van der Waals surface area contributed by atoms with Crippen LogP contribution in [0.1, 0.15) is 35.7 Å². The summed E-state index contributed by atoms with van der Waals surface area (Å²) in [5, 5.41) is 9.86. The molecule has 8 heteroatoms. The average molecular weight is 319 g/mol. The monoisotopic (exact) mass is 319 g/mol. The van der Waals surface area contributed by atoms with Crippen LogP contribution in [0.5, 0.6) is 0 Å². The first-order valence-corrected chi connectivity index (χ1v) is 8.98. The van der Waals surface area contributed by atoms with Gasteiger partial charge < -0.3 is 5.11 Å². The molecule has 6 nitrogen and oxygen atoms in total. The first kappa shape index (κ1) is 15.8. The summed E-state index contributed by atoms with van der Waals surface area (Å²) in [5.74, 6) is 0.223. The number of nitrogens with zero attached hydrogens (tertiary/aromatic N) is 2. The Hall–Kier alpha value is -0.540. The summed E-state index contributed by atoms with van der Waals surface area (Å²) in [6.07, 6.45) is 3.17. The Morgan fingerprint density at radius 1 is 1.55 bits per heavy atom. The second-order valence-corrected chi connectivity index (χ2v) is 8.15. The van der Waals surface area contributed by atoms with Gasteiger partial charge in [-0.3, -0.25) is 0 Å². The molecular formula is C12H21N3O3S2. The lowest BCUT2D eigenvalue weighted by Crippen LogP contribution is -2.46. The molecule has 0 aromatic carbocycles. The molecule has 0 bridgehead atoms. The van der Waals surface area contributed by atoms with Crippen LogP contribution in [0.15, 0.2) is 6.20 Å². The second kappa shape index (κ2) is 6.48. The van der Waals surface area contributed by atoms with Crippen molar-refractivity contribution in [3.05, 3.63) is 16.1 Å². The van der Waals surface area contributed by atoms with Gasteiger partial charge in [0.25, 0.3) is 10.2 Å². The van der Waals surface area contributed by atoms with E-state index >= 15 is 0 Å². The van der Waals surface area contributed by atoms with E-state index in [1.807, 2.05) is 6.92 Å². The molecule has 1 fully saturated rings. The molecule has 0 saturated carbocycles. The molecule has 0 spiro atoms. The molecule has 1 saturated heterocycles. The van der Waals surface area contributed by atoms with Gasteiger partial charge in [0.2, 0.25) is 0 Å². The van der Waals surface area contributed by atoms with Crippen LogP contribution in [0, 0.1) is 12.8 Å². The van der Waals surface area contributed by atoms with Crippen molar-refractivity contribution in [3.63, 3.8) is 0 Å². The second-order valence-electron chi connectivity index (χ2n) is 5.18. The van der Waals surface area contributed by atoms with E-state index in [1.165, 1.54) is 15.6 Å². The predicted molar refractivity (Wildman–Crippen MR) is 78.7 cm³/mol. The first-order chi connectivity index (χ1) is 9.42. The van der Waals surface area contributed by atoms with Crippen LogP contribution in [0.25, 0.3) is 0 Å². The Bertz CT molecular complexity index is 536. The zero-order valence-electron chi connectivity index (χ0n) is 11.7. The summed E-state index contributed by atoms with van der Waals surface area (Å²) in [7, 11) is -3.48. The lowest BCUT2D eigenvalue weighted by atomic mass is 10.00. The number of aromatic nitrogens is 1. The van der Waals surface area contributed by atoms with Gasteiger partial charge in [0.1, 0.15) is 5.01 Å². The average Bonchev–Trinajstić information content (AvgIpc) is 2.85. The van der Waals surface area contributed by atoms with E-state index in [0.717, 1.165) is 9.88 Å². The van der Waals surface area contributed by atoms with Crippen LogP contribution in [0.4, 0.5) is 0 Å². The van der Waals surface area contributed by atoms with Crippen molar-refractivity contribution in [1.29, 1.82) is 0 Å². The number of thiazole rings is 1. The molecule has 0 radical (unpaired) electrons. The molecule has 1 unspecified atom stereocenters. The standard InChI is InChI=1S/C12H21N3O3S2/c1-9-7-13-12(19-9)10(2)14-20(17,18)15-5-3-11(8-16)4-6-15/h7,10-11,14,16H,3-6,8H2,1-2H3. The molecule has 0 amide bonds. The number of aliphatic hydroxyl groups is 1. The van der Waals surface area contributed by atoms with Crippen molar-refractivity contribution in [3.8, 4) is 0 Å². The summed E-state index contributed by atoms with van der Waals surface area (Å²) in [6.45, 7) is 4.81. The van der Waals surface area contributed by atoms with E-state index in [0.29, 0.717) is 25.9 Å². The molecule has 1 aliphatic heterocycles. The van der Waals surface area contributed by atoms with E-state index in [1.54, 1.807) is 13.1 Å². The topological polar surface area (TPSA) is 82.5 Å². The zero-order valence-corrected chi connectivity index (χ0v) is 13.4. The van der Waals surface area contributed by atoms with Gasteiger partial charge in [-0.05, 0) is 32.6 Å². The molecule has 0 aliphatic carbocycles. The Morgan fingerprint density at radius 2 is 2.20 bits per heavy atom. The number of rotatable bonds is 5. The van der Waals surface area contributed by atoms with Gasteiger partial charge in [-0.2, -0.15) is 17.4 Å². The van der Waals surface area contributed by atoms with E-state index in [9.17, 15) is 8.42 Å². The van der Waals surface area contributed by atoms with Crippen LogP contribution in [0.3, 0.4) is 0 Å². The number of hydrogen-bond acceptors (Lipinski definition) is 5. The van der Waals surface area contributed by atoms with Gasteiger partial charge in [-0.25, -0.2) is 4.98 Å². The first-order valence-electron chi connectivity index (χ1n) is 6.73. The molecular weight excluding hydrogens is 298 g/mol. The fourth-order valence-corrected chi connectivity index (χ4v) is 4.50. The maximum Gasteiger partial charge on any atom is 0.280 e. The van der Waals surface area contributed by atoms with Crippen molar-refractivity contribution in [2.75, 3.05) is 19.7 Å². The number of aliphatic hydroxyl groups excluding tert-OH is 1. The minimum absolute atomic E-state index is 0.135. The SMILES string of the molecule is Cc1cnc(C(C)NS(=O)(=O)N2CCC(CO)CC2)s1. The van der Waals surface area contributed by atoms with Crippen LogP contribution in [0.2, 0.25) is 0 Å². The summed E-state index contributed by atoms with van der Waals surface area (Å²) in [4.78, 5) is 5.27. The quantitative estimate of drug-likeness (QED) is 0.850. The van der Waals surface area contributed by atoms with Crippen molar-refractivity contribution < 1.29 is 13.5 Å². The van der Waals surface area contributed by atoms with Gasteiger partial charge in [0, 0.05) is 30.8 Å². The normalized spacial score (nSPS) is 20.1. The highest BCUT2D eigenvalue weighted by Crippen LogP contribution is 2.22. The van der Waals surface area contributed by atoms with Crippen molar-refractivity contribution >= 4 is 21.5 Å². The Labute approximate surface area is 124 Å². The fraction of sp³-hybridized carbons (Fsp3) is 0.750. The van der Waals surface area contributed by atoms with Gasteiger partial charge >= 0.3 is 0 Å². The molecule has 2 rings (SSSR count). The maximum absolute atomic E-state index is 12.3. The fourth-order valence-electron chi connectivity index (χ4n) is 2.25. The Morgan fingerprint density at radius 3 is 2.70 bits per heavy atom. The summed E-state index contributed by atoms with van der Waals surface area (Å²) < 4.78 is 28.7. The molecule has 20 heavy (non-hydrogen) atoms. The highest BCUT2D eigenvalue weighted by molar-refractivity contribution is 7.87. The van der Waals surface area contributed by atoms with Crippen LogP contribution in [-0.4, -0.2) is 42.5 Å². The van der Waals surface area contributed by atoms with Gasteiger partial charge in [-0.15, -0.1) is 11.3 Å². The molecule has 1 aromatic heterocycles. The Balaban J connectivity index is 1.97. The molecule has 2 N–H and O–H groups in total.